The Labute approximate surface area is 196 Å². The third-order valence-electron chi connectivity index (χ3n) is 6.92. The van der Waals surface area contributed by atoms with Gasteiger partial charge in [0.25, 0.3) is 0 Å². The van der Waals surface area contributed by atoms with Crippen LogP contribution in [0.1, 0.15) is 22.3 Å². The minimum atomic E-state index is -0.770. The molecule has 0 spiro atoms. The summed E-state index contributed by atoms with van der Waals surface area (Å²) in [5, 5.41) is 0. The van der Waals surface area contributed by atoms with Gasteiger partial charge in [-0.25, -0.2) is 4.90 Å². The van der Waals surface area contributed by atoms with Crippen LogP contribution in [0.5, 0.6) is 5.75 Å². The molecule has 1 aliphatic heterocycles. The summed E-state index contributed by atoms with van der Waals surface area (Å²) in [5.41, 5.74) is 4.69. The Hall–Kier alpha value is -2.44. The van der Waals surface area contributed by atoms with Gasteiger partial charge in [-0.1, -0.05) is 80.4 Å². The van der Waals surface area contributed by atoms with Crippen molar-refractivity contribution in [3.63, 3.8) is 0 Å². The quantitative estimate of drug-likeness (QED) is 0.336. The fourth-order valence-electron chi connectivity index (χ4n) is 5.65. The molecule has 6 heteroatoms. The van der Waals surface area contributed by atoms with Gasteiger partial charge in [0.05, 0.1) is 33.3 Å². The van der Waals surface area contributed by atoms with Gasteiger partial charge in [-0.2, -0.15) is 0 Å². The number of amides is 2. The molecule has 0 N–H and O–H groups in total. The minimum absolute atomic E-state index is 0.190. The van der Waals surface area contributed by atoms with Crippen LogP contribution in [0, 0.1) is 11.8 Å². The number of alkyl halides is 2. The van der Waals surface area contributed by atoms with Crippen molar-refractivity contribution in [1.82, 2.24) is 0 Å². The van der Waals surface area contributed by atoms with Gasteiger partial charge >= 0.3 is 0 Å². The number of carbonyl (C=O) groups is 2. The fraction of sp³-hybridized carbons (Fsp3) is 0.200. The van der Waals surface area contributed by atoms with Gasteiger partial charge < -0.3 is 4.74 Å². The van der Waals surface area contributed by atoms with Crippen molar-refractivity contribution in [2.75, 3.05) is 12.0 Å². The van der Waals surface area contributed by atoms with E-state index in [4.69, 9.17) is 4.74 Å². The maximum absolute atomic E-state index is 13.9. The molecule has 1 unspecified atom stereocenters. The van der Waals surface area contributed by atoms with Crippen LogP contribution in [-0.2, 0) is 18.2 Å². The van der Waals surface area contributed by atoms with Crippen molar-refractivity contribution < 1.29 is 14.3 Å². The zero-order chi connectivity index (χ0) is 21.5. The maximum Gasteiger partial charge on any atom is 0.239 e. The minimum Gasteiger partial charge on any atom is -0.497 e. The first-order valence-corrected chi connectivity index (χ1v) is 11.6. The predicted molar refractivity (Wildman–Crippen MR) is 125 cm³/mol. The number of halogens is 2. The summed E-state index contributed by atoms with van der Waals surface area (Å²) < 4.78 is 3.70. The molecule has 7 rings (SSSR count). The Morgan fingerprint density at radius 1 is 0.710 bits per heavy atom. The summed E-state index contributed by atoms with van der Waals surface area (Å²) in [6.07, 6.45) is 0. The van der Waals surface area contributed by atoms with Crippen LogP contribution >= 0.6 is 31.9 Å². The molecular weight excluding hydrogens is 522 g/mol. The van der Waals surface area contributed by atoms with E-state index in [9.17, 15) is 9.59 Å². The van der Waals surface area contributed by atoms with Crippen molar-refractivity contribution in [1.29, 1.82) is 0 Å². The van der Waals surface area contributed by atoms with Crippen LogP contribution in [-0.4, -0.2) is 18.9 Å². The summed E-state index contributed by atoms with van der Waals surface area (Å²) in [5.74, 6) is -0.832. The number of carbonyl (C=O) groups excluding carboxylic acids is 2. The number of hydrogen-bond donors (Lipinski definition) is 0. The van der Waals surface area contributed by atoms with Crippen molar-refractivity contribution in [3.8, 4) is 5.75 Å². The van der Waals surface area contributed by atoms with E-state index < -0.39 is 20.5 Å². The van der Waals surface area contributed by atoms with Gasteiger partial charge in [0.1, 0.15) is 5.75 Å². The Morgan fingerprint density at radius 2 is 1.10 bits per heavy atom. The third-order valence-corrected chi connectivity index (χ3v) is 9.61. The summed E-state index contributed by atoms with van der Waals surface area (Å²) in [6.45, 7) is 0. The van der Waals surface area contributed by atoms with Gasteiger partial charge in [-0.3, -0.25) is 9.59 Å². The lowest BCUT2D eigenvalue weighted by atomic mass is 9.54. The van der Waals surface area contributed by atoms with Crippen LogP contribution in [0.4, 0.5) is 5.69 Å². The van der Waals surface area contributed by atoms with E-state index in [1.807, 2.05) is 24.3 Å². The Morgan fingerprint density at radius 3 is 1.45 bits per heavy atom. The van der Waals surface area contributed by atoms with E-state index in [0.29, 0.717) is 11.4 Å². The first kappa shape index (κ1) is 19.3. The smallest absolute Gasteiger partial charge is 0.239 e. The predicted octanol–water partition coefficient (Wildman–Crippen LogP) is 5.11. The van der Waals surface area contributed by atoms with E-state index in [2.05, 4.69) is 56.1 Å². The molecule has 3 aliphatic carbocycles. The largest absolute Gasteiger partial charge is 0.497 e. The molecule has 4 nitrogen and oxygen atoms in total. The molecule has 1 saturated heterocycles. The van der Waals surface area contributed by atoms with Gasteiger partial charge in [-0.05, 0) is 46.5 Å². The molecule has 2 atom stereocenters. The summed E-state index contributed by atoms with van der Waals surface area (Å²) in [7, 11) is 1.59. The van der Waals surface area contributed by atoms with Crippen LogP contribution in [0.3, 0.4) is 0 Å². The van der Waals surface area contributed by atoms with Crippen LogP contribution in [0.25, 0.3) is 0 Å². The molecule has 1 fully saturated rings. The van der Waals surface area contributed by atoms with Crippen LogP contribution in [0.15, 0.2) is 72.8 Å². The highest BCUT2D eigenvalue weighted by molar-refractivity contribution is 9.10. The number of imide groups is 1. The van der Waals surface area contributed by atoms with Gasteiger partial charge in [0.2, 0.25) is 11.8 Å². The number of benzene rings is 3. The topological polar surface area (TPSA) is 46.6 Å². The van der Waals surface area contributed by atoms with Crippen molar-refractivity contribution in [2.24, 2.45) is 11.8 Å². The van der Waals surface area contributed by atoms with E-state index >= 15 is 0 Å². The summed E-state index contributed by atoms with van der Waals surface area (Å²) >= 11 is 8.02. The Bertz CT molecular complexity index is 1150. The molecule has 0 saturated carbocycles. The number of methoxy groups -OCH3 is 1. The number of rotatable bonds is 2. The second-order valence-corrected chi connectivity index (χ2v) is 10.7. The molecule has 4 aliphatic rings. The maximum atomic E-state index is 13.9. The molecule has 0 radical (unpaired) electrons. The summed E-state index contributed by atoms with van der Waals surface area (Å²) in [6, 6.07) is 23.2. The molecule has 3 aromatic rings. The van der Waals surface area contributed by atoms with Gasteiger partial charge in [0, 0.05) is 0 Å². The SMILES string of the molecule is COc1ccc(N2C(=O)C3[C@H](C2=O)C2(Br)c4ccccc4C3(Br)c3ccccc32)cc1. The first-order valence-electron chi connectivity index (χ1n) is 10.0. The highest BCUT2D eigenvalue weighted by Gasteiger charge is 2.72. The normalized spacial score (nSPS) is 30.1. The monoisotopic (exact) mass is 537 g/mol. The average Bonchev–Trinajstić information content (AvgIpc) is 3.08. The average molecular weight is 539 g/mol. The Balaban J connectivity index is 1.62. The van der Waals surface area contributed by atoms with Crippen LogP contribution < -0.4 is 9.64 Å². The molecular formula is C25H17Br2NO3. The van der Waals surface area contributed by atoms with Crippen molar-refractivity contribution in [2.45, 2.75) is 8.65 Å². The number of nitrogens with zero attached hydrogens (tertiary/aromatic N) is 1. The molecule has 2 bridgehead atoms. The summed E-state index contributed by atoms with van der Waals surface area (Å²) in [4.78, 5) is 29.1. The number of anilines is 1. The van der Waals surface area contributed by atoms with Crippen LogP contribution in [0.2, 0.25) is 0 Å². The molecule has 3 aromatic carbocycles. The van der Waals surface area contributed by atoms with E-state index in [1.165, 1.54) is 4.90 Å². The van der Waals surface area contributed by atoms with E-state index in [-0.39, 0.29) is 11.8 Å². The number of ether oxygens (including phenoxy) is 1. The molecule has 1 heterocycles. The first-order chi connectivity index (χ1) is 14.9. The van der Waals surface area contributed by atoms with E-state index in [0.717, 1.165) is 22.3 Å². The molecule has 2 amide bonds. The lowest BCUT2D eigenvalue weighted by Crippen LogP contribution is -2.56. The highest BCUT2D eigenvalue weighted by Crippen LogP contribution is 2.70. The highest BCUT2D eigenvalue weighted by atomic mass is 79.9. The van der Waals surface area contributed by atoms with Crippen molar-refractivity contribution >= 4 is 49.4 Å². The molecule has 31 heavy (non-hydrogen) atoms. The van der Waals surface area contributed by atoms with E-state index in [1.54, 1.807) is 31.4 Å². The third kappa shape index (κ3) is 2.15. The molecule has 0 aromatic heterocycles. The van der Waals surface area contributed by atoms with Crippen molar-refractivity contribution in [3.05, 3.63) is 95.1 Å². The zero-order valence-electron chi connectivity index (χ0n) is 16.5. The van der Waals surface area contributed by atoms with Gasteiger partial charge in [0.15, 0.2) is 0 Å². The standard InChI is InChI=1S/C25H17Br2NO3/c1-31-15-12-10-14(11-13-15)28-22(29)20-21(23(28)30)25(27)17-7-3-2-6-16(17)24(20,26)18-8-4-5-9-19(18)25/h2-13,20-21H,1H3/t20-,21?,24?,25?/m1/s1. The lowest BCUT2D eigenvalue weighted by molar-refractivity contribution is -0.122. The zero-order valence-corrected chi connectivity index (χ0v) is 19.7. The Kier molecular flexibility index (Phi) is 3.91. The van der Waals surface area contributed by atoms with Gasteiger partial charge in [-0.15, -0.1) is 0 Å². The fourth-order valence-corrected chi connectivity index (χ4v) is 7.96. The second-order valence-electron chi connectivity index (χ2n) is 8.18. The molecule has 154 valence electrons. The number of hydrogen-bond acceptors (Lipinski definition) is 3. The lowest BCUT2D eigenvalue weighted by Gasteiger charge is -2.55. The second kappa shape index (κ2) is 6.30.